The Bertz CT molecular complexity index is 1020. The SMILES string of the molecule is Cc1ccc(S(=O)(=O)N2CCCC[C@H]2CCNC(=O)C(=O)Nc2ccc(Cl)cc2)cc1. The van der Waals surface area contributed by atoms with Gasteiger partial charge < -0.3 is 10.6 Å². The maximum atomic E-state index is 13.1. The number of halogens is 1. The molecule has 1 atom stereocenters. The standard InChI is InChI=1S/C22H26ClN3O4S/c1-16-5-11-20(12-6-16)31(29,30)26-15-3-2-4-19(26)13-14-24-21(27)22(28)25-18-9-7-17(23)8-10-18/h5-12,19H,2-4,13-15H2,1H3,(H,24,27)(H,25,28)/t19-/m0/s1. The summed E-state index contributed by atoms with van der Waals surface area (Å²) in [6.07, 6.45) is 2.88. The van der Waals surface area contributed by atoms with Gasteiger partial charge in [0, 0.05) is 29.8 Å². The van der Waals surface area contributed by atoms with Gasteiger partial charge in [-0.2, -0.15) is 4.31 Å². The van der Waals surface area contributed by atoms with Crippen molar-refractivity contribution in [3.8, 4) is 0 Å². The van der Waals surface area contributed by atoms with Crippen LogP contribution in [0.15, 0.2) is 53.4 Å². The first kappa shape index (κ1) is 23.2. The van der Waals surface area contributed by atoms with Gasteiger partial charge in [-0.15, -0.1) is 0 Å². The Kier molecular flexibility index (Phi) is 7.69. The van der Waals surface area contributed by atoms with Crippen molar-refractivity contribution >= 4 is 39.1 Å². The van der Waals surface area contributed by atoms with Gasteiger partial charge in [-0.05, 0) is 62.6 Å². The van der Waals surface area contributed by atoms with Crippen LogP contribution in [-0.4, -0.2) is 43.7 Å². The predicted molar refractivity (Wildman–Crippen MR) is 120 cm³/mol. The van der Waals surface area contributed by atoms with Gasteiger partial charge in [0.1, 0.15) is 0 Å². The number of anilines is 1. The lowest BCUT2D eigenvalue weighted by molar-refractivity contribution is -0.136. The second kappa shape index (κ2) is 10.3. The molecule has 0 radical (unpaired) electrons. The molecule has 9 heteroatoms. The highest BCUT2D eigenvalue weighted by Crippen LogP contribution is 2.27. The van der Waals surface area contributed by atoms with E-state index >= 15 is 0 Å². The van der Waals surface area contributed by atoms with Crippen LogP contribution in [0.25, 0.3) is 0 Å². The smallest absolute Gasteiger partial charge is 0.313 e. The van der Waals surface area contributed by atoms with Gasteiger partial charge >= 0.3 is 11.8 Å². The van der Waals surface area contributed by atoms with Gasteiger partial charge in [0.25, 0.3) is 0 Å². The molecule has 1 heterocycles. The molecule has 0 saturated carbocycles. The number of nitrogens with zero attached hydrogens (tertiary/aromatic N) is 1. The molecule has 2 aromatic rings. The Morgan fingerprint density at radius 3 is 2.39 bits per heavy atom. The Labute approximate surface area is 187 Å². The van der Waals surface area contributed by atoms with Crippen molar-refractivity contribution < 1.29 is 18.0 Å². The zero-order chi connectivity index (χ0) is 22.4. The first-order valence-electron chi connectivity index (χ1n) is 10.2. The second-order valence-corrected chi connectivity index (χ2v) is 9.91. The largest absolute Gasteiger partial charge is 0.348 e. The van der Waals surface area contributed by atoms with Crippen molar-refractivity contribution in [3.05, 3.63) is 59.1 Å². The van der Waals surface area contributed by atoms with E-state index in [-0.39, 0.29) is 17.5 Å². The van der Waals surface area contributed by atoms with Gasteiger partial charge in [-0.25, -0.2) is 8.42 Å². The van der Waals surface area contributed by atoms with E-state index in [0.717, 1.165) is 24.8 Å². The number of amides is 2. The first-order valence-corrected chi connectivity index (χ1v) is 12.0. The summed E-state index contributed by atoms with van der Waals surface area (Å²) in [6.45, 7) is 2.56. The fraction of sp³-hybridized carbons (Fsp3) is 0.364. The predicted octanol–water partition coefficient (Wildman–Crippen LogP) is 3.34. The van der Waals surface area contributed by atoms with Gasteiger partial charge in [0.05, 0.1) is 4.90 Å². The van der Waals surface area contributed by atoms with Crippen molar-refractivity contribution in [2.24, 2.45) is 0 Å². The van der Waals surface area contributed by atoms with Crippen LogP contribution in [0.1, 0.15) is 31.2 Å². The van der Waals surface area contributed by atoms with Crippen LogP contribution in [0.3, 0.4) is 0 Å². The third-order valence-electron chi connectivity index (χ3n) is 5.27. The molecule has 0 bridgehead atoms. The number of sulfonamides is 1. The summed E-state index contributed by atoms with van der Waals surface area (Å²) >= 11 is 5.80. The minimum Gasteiger partial charge on any atom is -0.348 e. The number of benzene rings is 2. The summed E-state index contributed by atoms with van der Waals surface area (Å²) in [5, 5.41) is 5.61. The van der Waals surface area contributed by atoms with Crippen LogP contribution in [0.5, 0.6) is 0 Å². The van der Waals surface area contributed by atoms with Gasteiger partial charge in [-0.3, -0.25) is 9.59 Å². The number of carbonyl (C=O) groups is 2. The summed E-state index contributed by atoms with van der Waals surface area (Å²) < 4.78 is 27.7. The average Bonchev–Trinajstić information content (AvgIpc) is 2.76. The minimum absolute atomic E-state index is 0.206. The lowest BCUT2D eigenvalue weighted by Gasteiger charge is -2.34. The molecule has 0 spiro atoms. The molecule has 1 aliphatic rings. The molecule has 1 fully saturated rings. The Balaban J connectivity index is 1.56. The Hall–Kier alpha value is -2.42. The molecule has 166 valence electrons. The molecular formula is C22H26ClN3O4S. The molecule has 3 rings (SSSR count). The molecule has 2 amide bonds. The number of hydrogen-bond donors (Lipinski definition) is 2. The van der Waals surface area contributed by atoms with Crippen LogP contribution in [0.2, 0.25) is 5.02 Å². The summed E-state index contributed by atoms with van der Waals surface area (Å²) in [6, 6.07) is 13.0. The summed E-state index contributed by atoms with van der Waals surface area (Å²) in [5.74, 6) is -1.55. The molecule has 1 saturated heterocycles. The van der Waals surface area contributed by atoms with Crippen molar-refractivity contribution in [2.75, 3.05) is 18.4 Å². The number of aryl methyl sites for hydroxylation is 1. The van der Waals surface area contributed by atoms with Crippen LogP contribution in [-0.2, 0) is 19.6 Å². The fourth-order valence-corrected chi connectivity index (χ4v) is 5.43. The quantitative estimate of drug-likeness (QED) is 0.642. The van der Waals surface area contributed by atoms with Crippen molar-refractivity contribution in [1.29, 1.82) is 0 Å². The number of hydrogen-bond acceptors (Lipinski definition) is 4. The summed E-state index contributed by atoms with van der Waals surface area (Å²) in [7, 11) is -3.61. The topological polar surface area (TPSA) is 95.6 Å². The van der Waals surface area contributed by atoms with Gasteiger partial charge in [0.2, 0.25) is 10.0 Å². The monoisotopic (exact) mass is 463 g/mol. The Morgan fingerprint density at radius 1 is 1.03 bits per heavy atom. The molecule has 1 aliphatic heterocycles. The fourth-order valence-electron chi connectivity index (χ4n) is 3.58. The zero-order valence-electron chi connectivity index (χ0n) is 17.3. The Morgan fingerprint density at radius 2 is 1.71 bits per heavy atom. The maximum Gasteiger partial charge on any atom is 0.313 e. The highest BCUT2D eigenvalue weighted by Gasteiger charge is 2.33. The van der Waals surface area contributed by atoms with E-state index in [1.54, 1.807) is 48.5 Å². The summed E-state index contributed by atoms with van der Waals surface area (Å²) in [4.78, 5) is 24.4. The average molecular weight is 464 g/mol. The zero-order valence-corrected chi connectivity index (χ0v) is 18.9. The van der Waals surface area contributed by atoms with E-state index in [0.29, 0.717) is 23.7 Å². The molecular weight excluding hydrogens is 438 g/mol. The molecule has 0 unspecified atom stereocenters. The molecule has 31 heavy (non-hydrogen) atoms. The lowest BCUT2D eigenvalue weighted by atomic mass is 10.0. The molecule has 2 N–H and O–H groups in total. The maximum absolute atomic E-state index is 13.1. The van der Waals surface area contributed by atoms with Crippen LogP contribution >= 0.6 is 11.6 Å². The van der Waals surface area contributed by atoms with E-state index < -0.39 is 21.8 Å². The first-order chi connectivity index (χ1) is 14.8. The number of piperidine rings is 1. The highest BCUT2D eigenvalue weighted by molar-refractivity contribution is 7.89. The number of carbonyl (C=O) groups excluding carboxylic acids is 2. The molecule has 0 aromatic heterocycles. The van der Waals surface area contributed by atoms with Crippen molar-refractivity contribution in [3.63, 3.8) is 0 Å². The minimum atomic E-state index is -3.61. The normalized spacial score (nSPS) is 17.2. The van der Waals surface area contributed by atoms with E-state index in [2.05, 4.69) is 10.6 Å². The molecule has 0 aliphatic carbocycles. The molecule has 2 aromatic carbocycles. The third kappa shape index (κ3) is 6.06. The third-order valence-corrected chi connectivity index (χ3v) is 7.49. The van der Waals surface area contributed by atoms with Crippen LogP contribution in [0.4, 0.5) is 5.69 Å². The van der Waals surface area contributed by atoms with E-state index in [1.807, 2.05) is 6.92 Å². The molecule has 7 nitrogen and oxygen atoms in total. The second-order valence-electron chi connectivity index (χ2n) is 7.58. The van der Waals surface area contributed by atoms with Gasteiger partial charge in [-0.1, -0.05) is 35.7 Å². The number of nitrogens with one attached hydrogen (secondary N) is 2. The van der Waals surface area contributed by atoms with Crippen LogP contribution in [0, 0.1) is 6.92 Å². The van der Waals surface area contributed by atoms with E-state index in [9.17, 15) is 18.0 Å². The van der Waals surface area contributed by atoms with Crippen molar-refractivity contribution in [1.82, 2.24) is 9.62 Å². The number of rotatable bonds is 6. The van der Waals surface area contributed by atoms with E-state index in [1.165, 1.54) is 4.31 Å². The van der Waals surface area contributed by atoms with Crippen molar-refractivity contribution in [2.45, 2.75) is 43.5 Å². The lowest BCUT2D eigenvalue weighted by Crippen LogP contribution is -2.45. The highest BCUT2D eigenvalue weighted by atomic mass is 35.5. The van der Waals surface area contributed by atoms with Gasteiger partial charge in [0.15, 0.2) is 0 Å². The van der Waals surface area contributed by atoms with Crippen LogP contribution < -0.4 is 10.6 Å². The van der Waals surface area contributed by atoms with E-state index in [4.69, 9.17) is 11.6 Å². The summed E-state index contributed by atoms with van der Waals surface area (Å²) in [5.41, 5.74) is 1.46.